The monoisotopic (exact) mass is 396 g/mol. The maximum atomic E-state index is 13.7. The number of rotatable bonds is 6. The number of carbonyl (C=O) groups is 1. The first-order chi connectivity index (χ1) is 11.4. The Morgan fingerprint density at radius 2 is 1.88 bits per heavy atom. The molecule has 24 heavy (non-hydrogen) atoms. The molecule has 1 unspecified atom stereocenters. The van der Waals surface area contributed by atoms with Crippen LogP contribution in [0.5, 0.6) is 0 Å². The van der Waals surface area contributed by atoms with Crippen molar-refractivity contribution in [1.82, 2.24) is 4.90 Å². The van der Waals surface area contributed by atoms with Gasteiger partial charge in [-0.1, -0.05) is 28.1 Å². The Morgan fingerprint density at radius 3 is 2.50 bits per heavy atom. The fraction of sp³-hybridized carbons (Fsp3) is 0.278. The summed E-state index contributed by atoms with van der Waals surface area (Å²) in [6.45, 7) is 2.49. The van der Waals surface area contributed by atoms with E-state index in [1.54, 1.807) is 18.2 Å². The highest BCUT2D eigenvalue weighted by atomic mass is 79.9. The summed E-state index contributed by atoms with van der Waals surface area (Å²) < 4.78 is 27.3. The number of halogens is 3. The number of carbonyl (C=O) groups excluding carboxylic acids is 1. The van der Waals surface area contributed by atoms with E-state index in [9.17, 15) is 13.6 Å². The predicted octanol–water partition coefficient (Wildman–Crippen LogP) is 4.75. The van der Waals surface area contributed by atoms with Crippen molar-refractivity contribution in [3.05, 3.63) is 64.1 Å². The molecule has 0 saturated heterocycles. The van der Waals surface area contributed by atoms with E-state index in [1.807, 2.05) is 18.9 Å². The molecule has 128 valence electrons. The second-order valence-corrected chi connectivity index (χ2v) is 6.55. The van der Waals surface area contributed by atoms with Gasteiger partial charge in [-0.05, 0) is 49.9 Å². The number of anilines is 1. The Morgan fingerprint density at radius 1 is 1.21 bits per heavy atom. The predicted molar refractivity (Wildman–Crippen MR) is 94.8 cm³/mol. The molecule has 2 aromatic carbocycles. The van der Waals surface area contributed by atoms with E-state index in [0.717, 1.165) is 5.56 Å². The molecule has 2 rings (SSSR count). The molecule has 6 heteroatoms. The average Bonchev–Trinajstić information content (AvgIpc) is 2.55. The minimum Gasteiger partial charge on any atom is -0.324 e. The third kappa shape index (κ3) is 5.11. The van der Waals surface area contributed by atoms with Gasteiger partial charge in [0.05, 0.1) is 5.69 Å². The van der Waals surface area contributed by atoms with Gasteiger partial charge in [0.1, 0.15) is 11.6 Å². The zero-order valence-electron chi connectivity index (χ0n) is 13.5. The van der Waals surface area contributed by atoms with Crippen LogP contribution in [0, 0.1) is 11.6 Å². The van der Waals surface area contributed by atoms with Crippen molar-refractivity contribution >= 4 is 27.5 Å². The van der Waals surface area contributed by atoms with Gasteiger partial charge in [0.15, 0.2) is 0 Å². The van der Waals surface area contributed by atoms with Crippen molar-refractivity contribution in [1.29, 1.82) is 0 Å². The van der Waals surface area contributed by atoms with Gasteiger partial charge in [0, 0.05) is 23.5 Å². The zero-order chi connectivity index (χ0) is 17.7. The summed E-state index contributed by atoms with van der Waals surface area (Å²) in [4.78, 5) is 14.0. The van der Waals surface area contributed by atoms with Crippen LogP contribution in [0.1, 0.15) is 24.9 Å². The van der Waals surface area contributed by atoms with Crippen LogP contribution < -0.4 is 5.32 Å². The summed E-state index contributed by atoms with van der Waals surface area (Å²) in [5.41, 5.74) is 1.13. The number of nitrogens with one attached hydrogen (secondary N) is 1. The van der Waals surface area contributed by atoms with Crippen LogP contribution in [0.3, 0.4) is 0 Å². The Kier molecular flexibility index (Phi) is 6.45. The highest BCUT2D eigenvalue weighted by Gasteiger charge is 2.14. The van der Waals surface area contributed by atoms with E-state index in [-0.39, 0.29) is 29.9 Å². The molecular formula is C18H19BrF2N2O. The molecule has 0 fully saturated rings. The molecule has 0 aliphatic rings. The number of amides is 1. The van der Waals surface area contributed by atoms with Gasteiger partial charge in [-0.15, -0.1) is 0 Å². The molecule has 0 heterocycles. The van der Waals surface area contributed by atoms with Crippen molar-refractivity contribution in [2.75, 3.05) is 18.9 Å². The van der Waals surface area contributed by atoms with Gasteiger partial charge >= 0.3 is 0 Å². The lowest BCUT2D eigenvalue weighted by atomic mass is 10.1. The van der Waals surface area contributed by atoms with Crippen molar-refractivity contribution < 1.29 is 13.6 Å². The van der Waals surface area contributed by atoms with E-state index < -0.39 is 5.82 Å². The number of benzene rings is 2. The molecule has 0 aliphatic heterocycles. The van der Waals surface area contributed by atoms with Crippen molar-refractivity contribution in [2.45, 2.75) is 19.4 Å². The van der Waals surface area contributed by atoms with E-state index in [1.165, 1.54) is 24.3 Å². The molecule has 0 bridgehead atoms. The average molecular weight is 397 g/mol. The highest BCUT2D eigenvalue weighted by Crippen LogP contribution is 2.21. The Balaban J connectivity index is 1.87. The molecule has 1 N–H and O–H groups in total. The summed E-state index contributed by atoms with van der Waals surface area (Å²) in [6, 6.07) is 10.8. The molecule has 2 aromatic rings. The third-order valence-corrected chi connectivity index (χ3v) is 4.40. The maximum absolute atomic E-state index is 13.7. The second-order valence-electron chi connectivity index (χ2n) is 5.63. The second kappa shape index (κ2) is 8.35. The molecule has 0 aromatic heterocycles. The fourth-order valence-electron chi connectivity index (χ4n) is 2.27. The van der Waals surface area contributed by atoms with E-state index in [4.69, 9.17) is 0 Å². The first kappa shape index (κ1) is 18.5. The molecule has 0 aliphatic carbocycles. The standard InChI is InChI=1S/C18H19BrF2N2O/c1-12(13-3-6-15(20)7-4-13)23(2)10-9-18(24)22-17-8-5-14(19)11-16(17)21/h3-8,11-12H,9-10H2,1-2H3,(H,22,24). The van der Waals surface area contributed by atoms with Crippen molar-refractivity contribution in [3.8, 4) is 0 Å². The minimum atomic E-state index is -0.481. The summed E-state index contributed by atoms with van der Waals surface area (Å²) >= 11 is 3.17. The number of nitrogens with zero attached hydrogens (tertiary/aromatic N) is 1. The van der Waals surface area contributed by atoms with Crippen molar-refractivity contribution in [2.24, 2.45) is 0 Å². The van der Waals surface area contributed by atoms with Gasteiger partial charge in [-0.3, -0.25) is 9.69 Å². The minimum absolute atomic E-state index is 0.0443. The molecule has 0 saturated carbocycles. The smallest absolute Gasteiger partial charge is 0.225 e. The SMILES string of the molecule is CC(c1ccc(F)cc1)N(C)CCC(=O)Nc1ccc(Br)cc1F. The van der Waals surface area contributed by atoms with Gasteiger partial charge in [0.25, 0.3) is 0 Å². The van der Waals surface area contributed by atoms with Crippen LogP contribution in [0.15, 0.2) is 46.9 Å². The topological polar surface area (TPSA) is 32.3 Å². The lowest BCUT2D eigenvalue weighted by Crippen LogP contribution is -2.27. The normalized spacial score (nSPS) is 12.2. The summed E-state index contributed by atoms with van der Waals surface area (Å²) in [7, 11) is 1.89. The zero-order valence-corrected chi connectivity index (χ0v) is 15.1. The molecule has 0 radical (unpaired) electrons. The summed E-state index contributed by atoms with van der Waals surface area (Å²) in [6.07, 6.45) is 0.234. The van der Waals surface area contributed by atoms with E-state index >= 15 is 0 Å². The largest absolute Gasteiger partial charge is 0.324 e. The van der Waals surface area contributed by atoms with Crippen LogP contribution in [0.25, 0.3) is 0 Å². The quantitative estimate of drug-likeness (QED) is 0.763. The Hall–Kier alpha value is -1.79. The van der Waals surface area contributed by atoms with Gasteiger partial charge in [-0.2, -0.15) is 0 Å². The van der Waals surface area contributed by atoms with Gasteiger partial charge in [-0.25, -0.2) is 8.78 Å². The molecule has 1 atom stereocenters. The van der Waals surface area contributed by atoms with Crippen LogP contribution in [-0.2, 0) is 4.79 Å². The van der Waals surface area contributed by atoms with E-state index in [0.29, 0.717) is 11.0 Å². The first-order valence-electron chi connectivity index (χ1n) is 7.57. The lowest BCUT2D eigenvalue weighted by Gasteiger charge is -2.24. The van der Waals surface area contributed by atoms with Gasteiger partial charge < -0.3 is 5.32 Å². The molecule has 3 nitrogen and oxygen atoms in total. The summed E-state index contributed by atoms with van der Waals surface area (Å²) in [5.74, 6) is -1.01. The van der Waals surface area contributed by atoms with Crippen molar-refractivity contribution in [3.63, 3.8) is 0 Å². The third-order valence-electron chi connectivity index (χ3n) is 3.91. The highest BCUT2D eigenvalue weighted by molar-refractivity contribution is 9.10. The Labute approximate surface area is 148 Å². The molecule has 0 spiro atoms. The molecular weight excluding hydrogens is 378 g/mol. The maximum Gasteiger partial charge on any atom is 0.225 e. The number of hydrogen-bond donors (Lipinski definition) is 1. The van der Waals surface area contributed by atoms with Crippen LogP contribution >= 0.6 is 15.9 Å². The van der Waals surface area contributed by atoms with Crippen LogP contribution in [-0.4, -0.2) is 24.4 Å². The van der Waals surface area contributed by atoms with E-state index in [2.05, 4.69) is 21.2 Å². The molecule has 1 amide bonds. The Bertz CT molecular complexity index is 707. The number of hydrogen-bond acceptors (Lipinski definition) is 2. The van der Waals surface area contributed by atoms with Gasteiger partial charge in [0.2, 0.25) is 5.91 Å². The lowest BCUT2D eigenvalue weighted by molar-refractivity contribution is -0.116. The van der Waals surface area contributed by atoms with Crippen LogP contribution in [0.4, 0.5) is 14.5 Å². The fourth-order valence-corrected chi connectivity index (χ4v) is 2.60. The van der Waals surface area contributed by atoms with Crippen LogP contribution in [0.2, 0.25) is 0 Å². The first-order valence-corrected chi connectivity index (χ1v) is 8.36. The summed E-state index contributed by atoms with van der Waals surface area (Å²) in [5, 5.41) is 2.57.